The molecule has 0 saturated carbocycles. The van der Waals surface area contributed by atoms with E-state index < -0.39 is 22.7 Å². The van der Waals surface area contributed by atoms with Crippen LogP contribution in [0.2, 0.25) is 0 Å². The third-order valence-electron chi connectivity index (χ3n) is 4.89. The van der Waals surface area contributed by atoms with E-state index in [0.29, 0.717) is 11.3 Å². The standard InChI is InChI=1S/C21H17N5O3/c1-14-19(21(27)25(24-14)13-15-6-3-2-4-7-15)20(17(11-22)12-23)16-8-5-9-18(10-16)26(28)29/h2-10,17,19-20H,13H2,1H3/t19-,20-/m0/s1. The summed E-state index contributed by atoms with van der Waals surface area (Å²) in [6.07, 6.45) is 0. The zero-order chi connectivity index (χ0) is 21.0. The summed E-state index contributed by atoms with van der Waals surface area (Å²) in [5, 5.41) is 35.8. The number of benzene rings is 2. The molecule has 0 spiro atoms. The molecule has 1 amide bonds. The lowest BCUT2D eigenvalue weighted by Gasteiger charge is -2.24. The molecule has 0 radical (unpaired) electrons. The monoisotopic (exact) mass is 387 g/mol. The lowest BCUT2D eigenvalue weighted by molar-refractivity contribution is -0.384. The predicted octanol–water partition coefficient (Wildman–Crippen LogP) is 3.38. The van der Waals surface area contributed by atoms with Crippen molar-refractivity contribution >= 4 is 17.3 Å². The first kappa shape index (κ1) is 19.7. The molecule has 29 heavy (non-hydrogen) atoms. The van der Waals surface area contributed by atoms with Gasteiger partial charge < -0.3 is 0 Å². The lowest BCUT2D eigenvalue weighted by Crippen LogP contribution is -2.34. The second kappa shape index (κ2) is 8.32. The van der Waals surface area contributed by atoms with Crippen LogP contribution in [0.25, 0.3) is 0 Å². The molecule has 1 aliphatic rings. The highest BCUT2D eigenvalue weighted by Gasteiger charge is 2.44. The van der Waals surface area contributed by atoms with Crippen molar-refractivity contribution in [1.82, 2.24) is 5.01 Å². The maximum Gasteiger partial charge on any atom is 0.269 e. The molecule has 8 nitrogen and oxygen atoms in total. The summed E-state index contributed by atoms with van der Waals surface area (Å²) in [5.41, 5.74) is 1.59. The van der Waals surface area contributed by atoms with Crippen molar-refractivity contribution in [3.05, 3.63) is 75.8 Å². The van der Waals surface area contributed by atoms with Crippen LogP contribution >= 0.6 is 0 Å². The maximum absolute atomic E-state index is 13.1. The predicted molar refractivity (Wildman–Crippen MR) is 104 cm³/mol. The quantitative estimate of drug-likeness (QED) is 0.555. The van der Waals surface area contributed by atoms with Gasteiger partial charge in [0, 0.05) is 23.8 Å². The van der Waals surface area contributed by atoms with Crippen LogP contribution in [0.1, 0.15) is 24.0 Å². The zero-order valence-electron chi connectivity index (χ0n) is 15.6. The maximum atomic E-state index is 13.1. The molecular formula is C21H17N5O3. The summed E-state index contributed by atoms with van der Waals surface area (Å²) in [5.74, 6) is -3.20. The van der Waals surface area contributed by atoms with E-state index in [1.54, 1.807) is 13.0 Å². The number of carbonyl (C=O) groups is 1. The van der Waals surface area contributed by atoms with Gasteiger partial charge in [0.1, 0.15) is 5.92 Å². The molecule has 1 aliphatic heterocycles. The van der Waals surface area contributed by atoms with Gasteiger partial charge in [0.2, 0.25) is 0 Å². The van der Waals surface area contributed by atoms with Crippen molar-refractivity contribution in [2.45, 2.75) is 19.4 Å². The van der Waals surface area contributed by atoms with Gasteiger partial charge in [-0.3, -0.25) is 14.9 Å². The van der Waals surface area contributed by atoms with Crippen molar-refractivity contribution in [2.24, 2.45) is 16.9 Å². The van der Waals surface area contributed by atoms with Crippen molar-refractivity contribution < 1.29 is 9.72 Å². The summed E-state index contributed by atoms with van der Waals surface area (Å²) in [7, 11) is 0. The number of non-ortho nitro benzene ring substituents is 1. The second-order valence-electron chi connectivity index (χ2n) is 6.71. The van der Waals surface area contributed by atoms with Crippen LogP contribution in [0.5, 0.6) is 0 Å². The number of amides is 1. The molecule has 2 atom stereocenters. The van der Waals surface area contributed by atoms with Gasteiger partial charge in [-0.2, -0.15) is 15.6 Å². The fraction of sp³-hybridized carbons (Fsp3) is 0.238. The van der Waals surface area contributed by atoms with Crippen LogP contribution in [0.3, 0.4) is 0 Å². The number of rotatable bonds is 6. The minimum atomic E-state index is -1.16. The number of hydrazone groups is 1. The van der Waals surface area contributed by atoms with Crippen molar-refractivity contribution in [3.63, 3.8) is 0 Å². The van der Waals surface area contributed by atoms with E-state index in [1.165, 1.54) is 23.2 Å². The average molecular weight is 387 g/mol. The topological polar surface area (TPSA) is 123 Å². The van der Waals surface area contributed by atoms with E-state index >= 15 is 0 Å². The first-order valence-electron chi connectivity index (χ1n) is 8.90. The number of nitro groups is 1. The Morgan fingerprint density at radius 3 is 2.48 bits per heavy atom. The van der Waals surface area contributed by atoms with Crippen LogP contribution < -0.4 is 0 Å². The zero-order valence-corrected chi connectivity index (χ0v) is 15.6. The third-order valence-corrected chi connectivity index (χ3v) is 4.89. The number of carbonyl (C=O) groups excluding carboxylic acids is 1. The molecule has 3 rings (SSSR count). The van der Waals surface area contributed by atoms with E-state index in [4.69, 9.17) is 0 Å². The summed E-state index contributed by atoms with van der Waals surface area (Å²) >= 11 is 0. The lowest BCUT2D eigenvalue weighted by atomic mass is 9.75. The van der Waals surface area contributed by atoms with Crippen molar-refractivity contribution in [1.29, 1.82) is 10.5 Å². The highest BCUT2D eigenvalue weighted by atomic mass is 16.6. The average Bonchev–Trinajstić information content (AvgIpc) is 3.00. The molecule has 144 valence electrons. The van der Waals surface area contributed by atoms with Crippen LogP contribution in [0.15, 0.2) is 59.7 Å². The summed E-state index contributed by atoms with van der Waals surface area (Å²) in [6, 6.07) is 18.9. The van der Waals surface area contributed by atoms with E-state index in [1.807, 2.05) is 42.5 Å². The molecule has 0 unspecified atom stereocenters. The van der Waals surface area contributed by atoms with E-state index in [0.717, 1.165) is 5.56 Å². The Hall–Kier alpha value is -4.04. The first-order chi connectivity index (χ1) is 14.0. The van der Waals surface area contributed by atoms with E-state index in [2.05, 4.69) is 5.10 Å². The molecule has 1 heterocycles. The van der Waals surface area contributed by atoms with Gasteiger partial charge in [0.15, 0.2) is 0 Å². The Kier molecular flexibility index (Phi) is 5.66. The largest absolute Gasteiger partial charge is 0.272 e. The summed E-state index contributed by atoms with van der Waals surface area (Å²) in [4.78, 5) is 23.8. The second-order valence-corrected chi connectivity index (χ2v) is 6.71. The molecule has 0 bridgehead atoms. The first-order valence-corrected chi connectivity index (χ1v) is 8.90. The van der Waals surface area contributed by atoms with Gasteiger partial charge in [0.05, 0.1) is 29.5 Å². The molecule has 0 N–H and O–H groups in total. The molecule has 2 aromatic carbocycles. The van der Waals surface area contributed by atoms with Gasteiger partial charge in [-0.25, -0.2) is 5.01 Å². The van der Waals surface area contributed by atoms with Gasteiger partial charge >= 0.3 is 0 Å². The molecule has 0 aromatic heterocycles. The molecular weight excluding hydrogens is 370 g/mol. The number of hydrogen-bond acceptors (Lipinski definition) is 6. The Balaban J connectivity index is 1.99. The van der Waals surface area contributed by atoms with Gasteiger partial charge in [0.25, 0.3) is 11.6 Å². The highest BCUT2D eigenvalue weighted by Crippen LogP contribution is 2.38. The summed E-state index contributed by atoms with van der Waals surface area (Å²) < 4.78 is 0. The van der Waals surface area contributed by atoms with Crippen molar-refractivity contribution in [2.75, 3.05) is 0 Å². The number of hydrogen-bond donors (Lipinski definition) is 0. The van der Waals surface area contributed by atoms with Gasteiger partial charge in [-0.1, -0.05) is 42.5 Å². The van der Waals surface area contributed by atoms with Crippen LogP contribution in [0, 0.1) is 44.6 Å². The van der Waals surface area contributed by atoms with Gasteiger partial charge in [-0.05, 0) is 18.1 Å². The fourth-order valence-corrected chi connectivity index (χ4v) is 3.54. The molecule has 2 aromatic rings. The summed E-state index contributed by atoms with van der Waals surface area (Å²) in [6.45, 7) is 1.93. The van der Waals surface area contributed by atoms with Gasteiger partial charge in [-0.15, -0.1) is 0 Å². The Labute approximate surface area is 167 Å². The van der Waals surface area contributed by atoms with Crippen molar-refractivity contribution in [3.8, 4) is 12.1 Å². The van der Waals surface area contributed by atoms with E-state index in [9.17, 15) is 25.4 Å². The highest BCUT2D eigenvalue weighted by molar-refractivity contribution is 6.07. The Morgan fingerprint density at radius 1 is 1.17 bits per heavy atom. The normalized spacial score (nSPS) is 16.8. The number of nitrogens with zero attached hydrogens (tertiary/aromatic N) is 5. The fourth-order valence-electron chi connectivity index (χ4n) is 3.54. The van der Waals surface area contributed by atoms with Crippen LogP contribution in [-0.4, -0.2) is 21.6 Å². The number of nitro benzene ring substituents is 1. The smallest absolute Gasteiger partial charge is 0.269 e. The Bertz CT molecular complexity index is 1040. The van der Waals surface area contributed by atoms with E-state index in [-0.39, 0.29) is 18.1 Å². The molecule has 0 saturated heterocycles. The van der Waals surface area contributed by atoms with Crippen LogP contribution in [0.4, 0.5) is 5.69 Å². The van der Waals surface area contributed by atoms with Crippen LogP contribution in [-0.2, 0) is 11.3 Å². The number of nitriles is 2. The Morgan fingerprint density at radius 2 is 1.86 bits per heavy atom. The third kappa shape index (κ3) is 3.97. The molecule has 0 aliphatic carbocycles. The molecule has 0 fully saturated rings. The minimum absolute atomic E-state index is 0.164. The minimum Gasteiger partial charge on any atom is -0.272 e. The molecule has 8 heteroatoms. The SMILES string of the molecule is CC1=NN(Cc2ccccc2)C(=O)[C@@H]1[C@@H](c1cccc([N+](=O)[O-])c1)C(C#N)C#N.